The van der Waals surface area contributed by atoms with Crippen LogP contribution in [0.25, 0.3) is 6.08 Å². The number of β-lactam (4-membered cyclic amide) rings is 1. The first-order valence-corrected chi connectivity index (χ1v) is 14.3. The molecule has 44 heavy (non-hydrogen) atoms. The predicted octanol–water partition coefficient (Wildman–Crippen LogP) is -0.287. The van der Waals surface area contributed by atoms with Crippen LogP contribution in [0.4, 0.5) is 5.13 Å². The number of aliphatic carboxylic acids is 3. The Balaban J connectivity index is 1.59. The van der Waals surface area contributed by atoms with Crippen LogP contribution >= 0.6 is 23.1 Å². The summed E-state index contributed by atoms with van der Waals surface area (Å²) in [4.78, 5) is 83.2. The largest absolute Gasteiger partial charge is 0.503 e. The highest BCUT2D eigenvalue weighted by atomic mass is 32.2. The number of rotatable bonds is 11. The molecule has 17 nitrogen and oxygen atoms in total. The Hall–Kier alpha value is -5.17. The third-order valence-electron chi connectivity index (χ3n) is 6.25. The molecule has 1 fully saturated rings. The molecule has 2 atom stereocenters. The maximum atomic E-state index is 13.2. The van der Waals surface area contributed by atoms with Crippen LogP contribution in [0, 0.1) is 0 Å². The average Bonchev–Trinajstić information content (AvgIpc) is 3.37. The summed E-state index contributed by atoms with van der Waals surface area (Å²) in [5, 5.41) is 44.8. The number of oxime groups is 1. The first kappa shape index (κ1) is 31.8. The number of nitrogen functional groups attached to an aromatic ring is 1. The molecule has 0 spiro atoms. The number of carboxylic acids is 3. The number of carbonyl (C=O) groups is 5. The van der Waals surface area contributed by atoms with Gasteiger partial charge in [0.1, 0.15) is 29.4 Å². The van der Waals surface area contributed by atoms with E-state index >= 15 is 0 Å². The summed E-state index contributed by atoms with van der Waals surface area (Å²) in [7, 11) is 0. The van der Waals surface area contributed by atoms with Gasteiger partial charge in [0.15, 0.2) is 16.6 Å². The maximum Gasteiger partial charge on any atom is 0.352 e. The number of nitrogens with one attached hydrogen (secondary N) is 1. The minimum Gasteiger partial charge on any atom is -0.503 e. The smallest absolute Gasteiger partial charge is 0.352 e. The molecule has 2 aromatic heterocycles. The van der Waals surface area contributed by atoms with Crippen LogP contribution in [0.1, 0.15) is 25.2 Å². The summed E-state index contributed by atoms with van der Waals surface area (Å²) < 4.78 is 1.08. The number of carboxylic acid groups (broad SMARTS) is 3. The molecule has 7 N–H and O–H groups in total. The molecule has 1 saturated heterocycles. The summed E-state index contributed by atoms with van der Waals surface area (Å²) in [5.74, 6) is -6.43. The van der Waals surface area contributed by atoms with Crippen molar-refractivity contribution in [3.63, 3.8) is 0 Å². The van der Waals surface area contributed by atoms with E-state index in [1.54, 1.807) is 0 Å². The second-order valence-corrected chi connectivity index (χ2v) is 11.8. The van der Waals surface area contributed by atoms with Crippen molar-refractivity contribution < 1.29 is 49.2 Å². The van der Waals surface area contributed by atoms with Crippen molar-refractivity contribution >= 4 is 69.7 Å². The third kappa shape index (κ3) is 6.42. The van der Waals surface area contributed by atoms with Crippen LogP contribution in [-0.2, 0) is 35.4 Å². The van der Waals surface area contributed by atoms with Crippen LogP contribution < -0.4 is 16.5 Å². The van der Waals surface area contributed by atoms with Crippen molar-refractivity contribution in [2.45, 2.75) is 37.4 Å². The Morgan fingerprint density at radius 2 is 1.93 bits per heavy atom. The molecule has 232 valence electrons. The number of aromatic nitrogens is 2. The van der Waals surface area contributed by atoms with Gasteiger partial charge in [0.25, 0.3) is 11.8 Å². The van der Waals surface area contributed by atoms with Gasteiger partial charge in [-0.2, -0.15) is 0 Å². The Kier molecular flexibility index (Phi) is 8.81. The third-order valence-corrected chi connectivity index (χ3v) is 8.22. The van der Waals surface area contributed by atoms with E-state index in [-0.39, 0.29) is 33.5 Å². The van der Waals surface area contributed by atoms with Crippen molar-refractivity contribution in [2.24, 2.45) is 5.16 Å². The van der Waals surface area contributed by atoms with E-state index in [0.717, 1.165) is 44.8 Å². The lowest BCUT2D eigenvalue weighted by Crippen LogP contribution is -2.71. The number of nitrogens with zero attached hydrogens (tertiary/aromatic N) is 4. The second kappa shape index (κ2) is 12.2. The number of hydrogen-bond acceptors (Lipinski definition) is 13. The first-order chi connectivity index (χ1) is 20.6. The van der Waals surface area contributed by atoms with Gasteiger partial charge in [-0.1, -0.05) is 11.2 Å². The van der Waals surface area contributed by atoms with E-state index < -0.39 is 70.2 Å². The summed E-state index contributed by atoms with van der Waals surface area (Å²) in [5.41, 5.74) is 2.38. The van der Waals surface area contributed by atoms with E-state index in [4.69, 9.17) is 15.7 Å². The van der Waals surface area contributed by atoms with Crippen molar-refractivity contribution in [1.29, 1.82) is 0 Å². The SMILES string of the molecule is CC(C)(O/N=C(/C(=O)N[C@@H]1C(=O)N2C(C(=O)O)=C(/C=C/c3cc(=O)c(O)cn3CC(=O)O)CS[C@H]12)c1csc(N)n1)C(=O)O. The van der Waals surface area contributed by atoms with E-state index in [9.17, 15) is 44.1 Å². The number of aromatic hydroxyl groups is 1. The topological polar surface area (TPSA) is 264 Å². The zero-order valence-corrected chi connectivity index (χ0v) is 24.4. The van der Waals surface area contributed by atoms with Gasteiger partial charge in [0, 0.05) is 22.9 Å². The van der Waals surface area contributed by atoms with Gasteiger partial charge in [0.05, 0.1) is 6.20 Å². The molecular weight excluding hydrogens is 624 g/mol. The Morgan fingerprint density at radius 1 is 1.23 bits per heavy atom. The van der Waals surface area contributed by atoms with Crippen LogP contribution in [-0.4, -0.2) is 93.1 Å². The molecule has 2 amide bonds. The lowest BCUT2D eigenvalue weighted by atomic mass is 10.0. The summed E-state index contributed by atoms with van der Waals surface area (Å²) >= 11 is 2.09. The highest BCUT2D eigenvalue weighted by Crippen LogP contribution is 2.41. The van der Waals surface area contributed by atoms with Crippen LogP contribution in [0.5, 0.6) is 5.75 Å². The van der Waals surface area contributed by atoms with Gasteiger partial charge in [-0.25, -0.2) is 14.6 Å². The number of anilines is 1. The molecule has 2 aliphatic heterocycles. The van der Waals surface area contributed by atoms with Crippen LogP contribution in [0.3, 0.4) is 0 Å². The number of thioether (sulfide) groups is 1. The molecule has 0 unspecified atom stereocenters. The van der Waals surface area contributed by atoms with Crippen LogP contribution in [0.2, 0.25) is 0 Å². The number of carbonyl (C=O) groups excluding carboxylic acids is 2. The molecule has 0 saturated carbocycles. The first-order valence-electron chi connectivity index (χ1n) is 12.4. The zero-order valence-electron chi connectivity index (χ0n) is 22.8. The molecule has 0 bridgehead atoms. The standard InChI is InChI=1S/C25H24N6O11S2/c1-25(2,23(40)41)42-29-16(12-9-44-24(26)27-12)19(36)28-17-20(37)31-18(22(38)39)10(8-43-21(17)31)3-4-11-5-13(32)14(33)6-30(11)7-15(34)35/h3-6,9,17,21,33H,7-8H2,1-2H3,(H2,26,27)(H,28,36)(H,34,35)(H,38,39)(H,40,41)/b4-3+,29-16+/t17-,21-/m1/s1. The lowest BCUT2D eigenvalue weighted by Gasteiger charge is -2.49. The van der Waals surface area contributed by atoms with Gasteiger partial charge in [-0.15, -0.1) is 23.1 Å². The number of thiazole rings is 1. The van der Waals surface area contributed by atoms with Crippen LogP contribution in [0.15, 0.2) is 44.9 Å². The summed E-state index contributed by atoms with van der Waals surface area (Å²) in [6.07, 6.45) is 3.54. The normalized spacial score (nSPS) is 18.5. The summed E-state index contributed by atoms with van der Waals surface area (Å²) in [6, 6.07) is -0.218. The fraction of sp³-hybridized carbons (Fsp3) is 0.280. The van der Waals surface area contributed by atoms with Gasteiger partial charge in [0.2, 0.25) is 11.0 Å². The number of pyridine rings is 1. The molecule has 2 aliphatic rings. The highest BCUT2D eigenvalue weighted by molar-refractivity contribution is 8.00. The molecule has 0 aliphatic carbocycles. The Labute approximate surface area is 254 Å². The fourth-order valence-electron chi connectivity index (χ4n) is 3.97. The van der Waals surface area contributed by atoms with E-state index in [1.807, 2.05) is 0 Å². The number of hydrogen-bond donors (Lipinski definition) is 6. The quantitative estimate of drug-likeness (QED) is 0.104. The number of nitrogens with two attached hydrogens (primary N) is 1. The van der Waals surface area contributed by atoms with E-state index in [0.29, 0.717) is 0 Å². The zero-order chi connectivity index (χ0) is 32.5. The second-order valence-electron chi connectivity index (χ2n) is 9.76. The lowest BCUT2D eigenvalue weighted by molar-refractivity contribution is -0.161. The Bertz CT molecular complexity index is 1720. The maximum absolute atomic E-state index is 13.2. The molecule has 4 rings (SSSR count). The minimum absolute atomic E-state index is 0.0413. The molecule has 0 radical (unpaired) electrons. The van der Waals surface area contributed by atoms with Crippen molar-refractivity contribution in [3.8, 4) is 5.75 Å². The van der Waals surface area contributed by atoms with Gasteiger partial charge < -0.3 is 40.9 Å². The fourth-order valence-corrected chi connectivity index (χ4v) is 5.84. The van der Waals surface area contributed by atoms with Crippen molar-refractivity contribution in [1.82, 2.24) is 19.8 Å². The highest BCUT2D eigenvalue weighted by Gasteiger charge is 2.54. The van der Waals surface area contributed by atoms with Crippen molar-refractivity contribution in [3.05, 3.63) is 56.6 Å². The molecule has 19 heteroatoms. The monoisotopic (exact) mass is 648 g/mol. The van der Waals surface area contributed by atoms with Gasteiger partial charge in [-0.3, -0.25) is 24.1 Å². The molecular formula is C25H24N6O11S2. The number of allylic oxidation sites excluding steroid dienone is 1. The number of fused-ring (bicyclic) bond motifs is 1. The average molecular weight is 649 g/mol. The molecule has 2 aromatic rings. The minimum atomic E-state index is -1.82. The summed E-state index contributed by atoms with van der Waals surface area (Å²) in [6.45, 7) is 1.81. The number of amides is 2. The molecule has 0 aromatic carbocycles. The van der Waals surface area contributed by atoms with Gasteiger partial charge in [-0.05, 0) is 25.5 Å². The molecule has 4 heterocycles. The van der Waals surface area contributed by atoms with Crippen molar-refractivity contribution in [2.75, 3.05) is 11.5 Å². The Morgan fingerprint density at radius 3 is 2.52 bits per heavy atom. The van der Waals surface area contributed by atoms with E-state index in [1.165, 1.54) is 31.4 Å². The predicted molar refractivity (Wildman–Crippen MR) is 155 cm³/mol. The van der Waals surface area contributed by atoms with Gasteiger partial charge >= 0.3 is 17.9 Å². The van der Waals surface area contributed by atoms with E-state index in [2.05, 4.69) is 15.5 Å².